The highest BCUT2D eigenvalue weighted by Crippen LogP contribution is 2.38. The number of fused-ring (bicyclic) bond motifs is 1. The van der Waals surface area contributed by atoms with Crippen LogP contribution in [0.5, 0.6) is 0 Å². The molecule has 0 saturated carbocycles. The van der Waals surface area contributed by atoms with Crippen molar-refractivity contribution in [2.75, 3.05) is 12.9 Å². The number of thiazole rings is 2. The second-order valence-electron chi connectivity index (χ2n) is 4.07. The molecule has 1 aromatic carbocycles. The van der Waals surface area contributed by atoms with Gasteiger partial charge in [-0.2, -0.15) is 0 Å². The van der Waals surface area contributed by atoms with Gasteiger partial charge in [-0.15, -0.1) is 22.7 Å². The van der Waals surface area contributed by atoms with Crippen molar-refractivity contribution < 1.29 is 9.53 Å². The highest BCUT2D eigenvalue weighted by atomic mass is 32.2. The first-order chi connectivity index (χ1) is 10.2. The number of ether oxygens (including phenoxy) is 1. The van der Waals surface area contributed by atoms with E-state index in [0.717, 1.165) is 24.4 Å². The van der Waals surface area contributed by atoms with E-state index in [0.29, 0.717) is 12.3 Å². The van der Waals surface area contributed by atoms with Crippen LogP contribution in [0.1, 0.15) is 17.4 Å². The molecule has 7 heteroatoms. The molecule has 0 aliphatic carbocycles. The number of hydrogen-bond donors (Lipinski definition) is 0. The fourth-order valence-corrected chi connectivity index (χ4v) is 4.43. The van der Waals surface area contributed by atoms with E-state index in [4.69, 9.17) is 4.74 Å². The van der Waals surface area contributed by atoms with Crippen LogP contribution in [0.2, 0.25) is 0 Å². The molecule has 0 spiro atoms. The average molecular weight is 336 g/mol. The summed E-state index contributed by atoms with van der Waals surface area (Å²) >= 11 is 4.56. The lowest BCUT2D eigenvalue weighted by Gasteiger charge is -1.99. The Kier molecular flexibility index (Phi) is 4.23. The van der Waals surface area contributed by atoms with Gasteiger partial charge in [-0.3, -0.25) is 0 Å². The van der Waals surface area contributed by atoms with E-state index in [1.54, 1.807) is 18.3 Å². The molecule has 3 rings (SSSR count). The van der Waals surface area contributed by atoms with Gasteiger partial charge in [0, 0.05) is 0 Å². The van der Waals surface area contributed by atoms with Crippen molar-refractivity contribution in [2.45, 2.75) is 11.3 Å². The number of benzene rings is 1. The second-order valence-corrected chi connectivity index (χ2v) is 7.15. The van der Waals surface area contributed by atoms with Crippen molar-refractivity contribution >= 4 is 50.6 Å². The number of para-hydroxylation sites is 1. The molecule has 0 unspecified atom stereocenters. The van der Waals surface area contributed by atoms with Gasteiger partial charge in [0.05, 0.1) is 21.7 Å². The number of hydrogen-bond acceptors (Lipinski definition) is 7. The molecular weight excluding hydrogens is 324 g/mol. The van der Waals surface area contributed by atoms with Crippen LogP contribution < -0.4 is 0 Å². The predicted molar refractivity (Wildman–Crippen MR) is 88.5 cm³/mol. The molecule has 0 aliphatic heterocycles. The summed E-state index contributed by atoms with van der Waals surface area (Å²) < 4.78 is 7.03. The van der Waals surface area contributed by atoms with E-state index in [1.807, 2.05) is 30.5 Å². The van der Waals surface area contributed by atoms with Crippen LogP contribution in [-0.2, 0) is 4.74 Å². The van der Waals surface area contributed by atoms with E-state index in [1.165, 1.54) is 23.1 Å². The van der Waals surface area contributed by atoms with Crippen LogP contribution in [0.4, 0.5) is 0 Å². The SMILES string of the molecule is CCOC(=O)c1nc(SC)sc1-c1nc2ccccc2s1. The second kappa shape index (κ2) is 6.13. The molecule has 0 radical (unpaired) electrons. The number of nitrogens with zero attached hydrogens (tertiary/aromatic N) is 2. The molecule has 0 atom stereocenters. The zero-order valence-electron chi connectivity index (χ0n) is 11.5. The smallest absolute Gasteiger partial charge is 0.358 e. The quantitative estimate of drug-likeness (QED) is 0.524. The zero-order valence-corrected chi connectivity index (χ0v) is 13.9. The van der Waals surface area contributed by atoms with Gasteiger partial charge < -0.3 is 4.74 Å². The lowest BCUT2D eigenvalue weighted by Crippen LogP contribution is -2.06. The number of esters is 1. The van der Waals surface area contributed by atoms with Crippen LogP contribution in [0.25, 0.3) is 20.1 Å². The first-order valence-electron chi connectivity index (χ1n) is 6.30. The minimum atomic E-state index is -0.386. The zero-order chi connectivity index (χ0) is 14.8. The van der Waals surface area contributed by atoms with Gasteiger partial charge in [-0.1, -0.05) is 23.9 Å². The summed E-state index contributed by atoms with van der Waals surface area (Å²) in [6.07, 6.45) is 1.94. The fraction of sp³-hybridized carbons (Fsp3) is 0.214. The number of carbonyl (C=O) groups is 1. The Bertz CT molecular complexity index is 761. The van der Waals surface area contributed by atoms with Crippen LogP contribution in [0.3, 0.4) is 0 Å². The van der Waals surface area contributed by atoms with Gasteiger partial charge in [-0.25, -0.2) is 14.8 Å². The van der Waals surface area contributed by atoms with E-state index >= 15 is 0 Å². The van der Waals surface area contributed by atoms with Gasteiger partial charge >= 0.3 is 5.97 Å². The standard InChI is InChI=1S/C14H12N2O2S3/c1-3-18-13(17)10-11(21-14(16-10)19-2)12-15-8-6-4-5-7-9(8)20-12/h4-7H,3H2,1-2H3. The largest absolute Gasteiger partial charge is 0.461 e. The average Bonchev–Trinajstić information content (AvgIpc) is 3.11. The maximum atomic E-state index is 12.1. The topological polar surface area (TPSA) is 52.1 Å². The van der Waals surface area contributed by atoms with Crippen molar-refractivity contribution in [1.29, 1.82) is 0 Å². The Morgan fingerprint density at radius 1 is 1.29 bits per heavy atom. The number of rotatable bonds is 4. The molecule has 2 aromatic heterocycles. The first kappa shape index (κ1) is 14.5. The van der Waals surface area contributed by atoms with Crippen molar-refractivity contribution in [2.24, 2.45) is 0 Å². The third kappa shape index (κ3) is 2.81. The molecule has 0 N–H and O–H groups in total. The Balaban J connectivity index is 2.11. The maximum Gasteiger partial charge on any atom is 0.358 e. The molecule has 0 bridgehead atoms. The fourth-order valence-electron chi connectivity index (χ4n) is 1.84. The summed E-state index contributed by atoms with van der Waals surface area (Å²) in [6, 6.07) is 7.93. The number of aromatic nitrogens is 2. The number of carbonyl (C=O) groups excluding carboxylic acids is 1. The van der Waals surface area contributed by atoms with Gasteiger partial charge in [0.1, 0.15) is 5.01 Å². The molecule has 2 heterocycles. The number of thioether (sulfide) groups is 1. The van der Waals surface area contributed by atoms with Gasteiger partial charge in [-0.05, 0) is 25.3 Å². The summed E-state index contributed by atoms with van der Waals surface area (Å²) in [5.74, 6) is -0.386. The van der Waals surface area contributed by atoms with Crippen molar-refractivity contribution in [3.63, 3.8) is 0 Å². The molecule has 0 saturated heterocycles. The van der Waals surface area contributed by atoms with Gasteiger partial charge in [0.25, 0.3) is 0 Å². The Hall–Kier alpha value is -1.44. The van der Waals surface area contributed by atoms with Crippen molar-refractivity contribution in [1.82, 2.24) is 9.97 Å². The van der Waals surface area contributed by atoms with Crippen LogP contribution >= 0.6 is 34.4 Å². The molecule has 0 aliphatic rings. The van der Waals surface area contributed by atoms with E-state index < -0.39 is 0 Å². The van der Waals surface area contributed by atoms with Crippen molar-refractivity contribution in [3.05, 3.63) is 30.0 Å². The Morgan fingerprint density at radius 3 is 2.81 bits per heavy atom. The molecule has 21 heavy (non-hydrogen) atoms. The molecule has 3 aromatic rings. The lowest BCUT2D eigenvalue weighted by atomic mass is 10.3. The van der Waals surface area contributed by atoms with Crippen molar-refractivity contribution in [3.8, 4) is 9.88 Å². The Labute approximate surface area is 134 Å². The third-order valence-electron chi connectivity index (χ3n) is 2.74. The van der Waals surface area contributed by atoms with Gasteiger partial charge in [0.2, 0.25) is 0 Å². The summed E-state index contributed by atoms with van der Waals surface area (Å²) in [5, 5.41) is 0.817. The Morgan fingerprint density at radius 2 is 2.10 bits per heavy atom. The molecule has 4 nitrogen and oxygen atoms in total. The van der Waals surface area contributed by atoms with E-state index in [9.17, 15) is 4.79 Å². The van der Waals surface area contributed by atoms with Crippen LogP contribution in [0.15, 0.2) is 28.6 Å². The maximum absolute atomic E-state index is 12.1. The summed E-state index contributed by atoms with van der Waals surface area (Å²) in [5.41, 5.74) is 1.30. The summed E-state index contributed by atoms with van der Waals surface area (Å²) in [6.45, 7) is 2.13. The van der Waals surface area contributed by atoms with E-state index in [-0.39, 0.29) is 5.97 Å². The molecule has 0 amide bonds. The first-order valence-corrected chi connectivity index (χ1v) is 9.16. The van der Waals surface area contributed by atoms with E-state index in [2.05, 4.69) is 9.97 Å². The highest BCUT2D eigenvalue weighted by Gasteiger charge is 2.22. The summed E-state index contributed by atoms with van der Waals surface area (Å²) in [7, 11) is 0. The predicted octanol–water partition coefficient (Wildman–Crippen LogP) is 4.32. The van der Waals surface area contributed by atoms with Crippen LogP contribution in [0, 0.1) is 0 Å². The lowest BCUT2D eigenvalue weighted by molar-refractivity contribution is 0.0521. The summed E-state index contributed by atoms with van der Waals surface area (Å²) in [4.78, 5) is 21.8. The molecule has 0 fully saturated rings. The highest BCUT2D eigenvalue weighted by molar-refractivity contribution is 8.00. The third-order valence-corrected chi connectivity index (χ3v) is 5.97. The van der Waals surface area contributed by atoms with Crippen LogP contribution in [-0.4, -0.2) is 28.8 Å². The normalized spacial score (nSPS) is 11.0. The van der Waals surface area contributed by atoms with Gasteiger partial charge in [0.15, 0.2) is 10.0 Å². The molecule has 108 valence electrons. The monoisotopic (exact) mass is 336 g/mol. The minimum Gasteiger partial charge on any atom is -0.461 e. The molecular formula is C14H12N2O2S3. The minimum absolute atomic E-state index is 0.338.